The Morgan fingerprint density at radius 1 is 1.35 bits per heavy atom. The van der Waals surface area contributed by atoms with Crippen molar-refractivity contribution in [1.82, 2.24) is 19.7 Å². The SMILES string of the molecule is CCn1c(SCC(=O)Nc2sc3c(c2C(N)=O)CCC(C)C3)nnc1-c1ccccn1. The van der Waals surface area contributed by atoms with Crippen molar-refractivity contribution in [1.29, 1.82) is 0 Å². The van der Waals surface area contributed by atoms with Gasteiger partial charge in [-0.3, -0.25) is 14.6 Å². The fraction of sp³-hybridized carbons (Fsp3) is 0.381. The third kappa shape index (κ3) is 4.49. The van der Waals surface area contributed by atoms with Crippen molar-refractivity contribution in [3.05, 3.63) is 40.4 Å². The second-order valence-electron chi connectivity index (χ2n) is 7.52. The Morgan fingerprint density at radius 2 is 2.19 bits per heavy atom. The number of rotatable bonds is 7. The standard InChI is InChI=1S/C21H24N6O2S2/c1-3-27-19(14-6-4-5-9-23-14)25-26-21(27)30-11-16(28)24-20-17(18(22)29)13-8-7-12(2)10-15(13)31-20/h4-6,9,12H,3,7-8,10-11H2,1-2H3,(H2,22,29)(H,24,28). The molecular formula is C21H24N6O2S2. The third-order valence-corrected chi connectivity index (χ3v) is 7.41. The number of thiophene rings is 1. The smallest absolute Gasteiger partial charge is 0.251 e. The summed E-state index contributed by atoms with van der Waals surface area (Å²) < 4.78 is 1.93. The van der Waals surface area contributed by atoms with E-state index in [2.05, 4.69) is 27.4 Å². The number of anilines is 1. The van der Waals surface area contributed by atoms with Crippen molar-refractivity contribution in [2.24, 2.45) is 11.7 Å². The van der Waals surface area contributed by atoms with Crippen LogP contribution in [-0.2, 0) is 24.2 Å². The van der Waals surface area contributed by atoms with Crippen LogP contribution in [0.4, 0.5) is 5.00 Å². The predicted molar refractivity (Wildman–Crippen MR) is 122 cm³/mol. The number of primary amides is 1. The molecule has 0 bridgehead atoms. The minimum absolute atomic E-state index is 0.150. The number of hydrogen-bond donors (Lipinski definition) is 2. The summed E-state index contributed by atoms with van der Waals surface area (Å²) in [4.78, 5) is 30.2. The quantitative estimate of drug-likeness (QED) is 0.527. The number of carbonyl (C=O) groups excluding carboxylic acids is 2. The molecule has 1 aliphatic rings. The number of nitrogens with two attached hydrogens (primary N) is 1. The van der Waals surface area contributed by atoms with Crippen LogP contribution in [0.2, 0.25) is 0 Å². The van der Waals surface area contributed by atoms with Gasteiger partial charge in [0.15, 0.2) is 11.0 Å². The molecule has 31 heavy (non-hydrogen) atoms. The molecule has 4 rings (SSSR count). The molecule has 3 heterocycles. The van der Waals surface area contributed by atoms with Crippen molar-refractivity contribution in [3.63, 3.8) is 0 Å². The third-order valence-electron chi connectivity index (χ3n) is 5.27. The van der Waals surface area contributed by atoms with Crippen LogP contribution in [0, 0.1) is 5.92 Å². The van der Waals surface area contributed by atoms with Gasteiger partial charge in [0.1, 0.15) is 10.7 Å². The second-order valence-corrected chi connectivity index (χ2v) is 9.57. The second kappa shape index (κ2) is 9.19. The van der Waals surface area contributed by atoms with Gasteiger partial charge in [0.2, 0.25) is 5.91 Å². The Bertz CT molecular complexity index is 1110. The predicted octanol–water partition coefficient (Wildman–Crippen LogP) is 3.38. The van der Waals surface area contributed by atoms with Gasteiger partial charge < -0.3 is 15.6 Å². The van der Waals surface area contributed by atoms with Gasteiger partial charge >= 0.3 is 0 Å². The molecule has 0 aliphatic heterocycles. The average molecular weight is 457 g/mol. The normalized spacial score (nSPS) is 15.5. The lowest BCUT2D eigenvalue weighted by Crippen LogP contribution is -2.20. The molecule has 8 nitrogen and oxygen atoms in total. The first-order valence-corrected chi connectivity index (χ1v) is 12.0. The molecule has 1 atom stereocenters. The summed E-state index contributed by atoms with van der Waals surface area (Å²) in [6.07, 6.45) is 4.48. The highest BCUT2D eigenvalue weighted by Gasteiger charge is 2.27. The van der Waals surface area contributed by atoms with Crippen molar-refractivity contribution in [3.8, 4) is 11.5 Å². The van der Waals surface area contributed by atoms with E-state index in [1.807, 2.05) is 29.7 Å². The topological polar surface area (TPSA) is 116 Å². The molecule has 0 saturated heterocycles. The van der Waals surface area contributed by atoms with Crippen molar-refractivity contribution < 1.29 is 9.59 Å². The van der Waals surface area contributed by atoms with E-state index >= 15 is 0 Å². The van der Waals surface area contributed by atoms with E-state index in [9.17, 15) is 9.59 Å². The fourth-order valence-electron chi connectivity index (χ4n) is 3.76. The van der Waals surface area contributed by atoms with Gasteiger partial charge in [0, 0.05) is 17.6 Å². The number of fused-ring (bicyclic) bond motifs is 1. The zero-order chi connectivity index (χ0) is 22.0. The lowest BCUT2D eigenvalue weighted by molar-refractivity contribution is -0.113. The Labute approximate surface area is 188 Å². The van der Waals surface area contributed by atoms with Gasteiger partial charge in [0.05, 0.1) is 11.3 Å². The van der Waals surface area contributed by atoms with Crippen molar-refractivity contribution >= 4 is 39.9 Å². The fourth-order valence-corrected chi connectivity index (χ4v) is 5.99. The van der Waals surface area contributed by atoms with E-state index in [0.717, 1.165) is 35.4 Å². The molecule has 3 aromatic heterocycles. The van der Waals surface area contributed by atoms with Crippen molar-refractivity contribution in [2.45, 2.75) is 44.8 Å². The highest BCUT2D eigenvalue weighted by molar-refractivity contribution is 7.99. The molecular weight excluding hydrogens is 432 g/mol. The lowest BCUT2D eigenvalue weighted by Gasteiger charge is -2.18. The Hall–Kier alpha value is -2.72. The summed E-state index contributed by atoms with van der Waals surface area (Å²) >= 11 is 2.77. The van der Waals surface area contributed by atoms with Crippen LogP contribution >= 0.6 is 23.1 Å². The number of nitrogens with zero attached hydrogens (tertiary/aromatic N) is 4. The zero-order valence-corrected chi connectivity index (χ0v) is 19.1. The molecule has 162 valence electrons. The van der Waals surface area contributed by atoms with Gasteiger partial charge in [-0.1, -0.05) is 24.8 Å². The molecule has 3 aromatic rings. The van der Waals surface area contributed by atoms with Crippen LogP contribution in [-0.4, -0.2) is 37.3 Å². The summed E-state index contributed by atoms with van der Waals surface area (Å²) in [5.74, 6) is 0.698. The molecule has 1 aliphatic carbocycles. The average Bonchev–Trinajstić information content (AvgIpc) is 3.32. The largest absolute Gasteiger partial charge is 0.365 e. The molecule has 3 N–H and O–H groups in total. The number of amides is 2. The van der Waals surface area contributed by atoms with Gasteiger partial charge in [-0.05, 0) is 49.8 Å². The maximum absolute atomic E-state index is 12.7. The minimum Gasteiger partial charge on any atom is -0.365 e. The van der Waals surface area contributed by atoms with Crippen LogP contribution in [0.25, 0.3) is 11.5 Å². The van der Waals surface area contributed by atoms with Crippen LogP contribution in [0.5, 0.6) is 0 Å². The molecule has 0 aromatic carbocycles. The van der Waals surface area contributed by atoms with Gasteiger partial charge in [-0.2, -0.15) is 0 Å². The number of nitrogens with one attached hydrogen (secondary N) is 1. The van der Waals surface area contributed by atoms with Crippen LogP contribution in [0.3, 0.4) is 0 Å². The molecule has 0 radical (unpaired) electrons. The van der Waals surface area contributed by atoms with Crippen LogP contribution in [0.15, 0.2) is 29.6 Å². The molecule has 0 fully saturated rings. The summed E-state index contributed by atoms with van der Waals surface area (Å²) in [6.45, 7) is 4.85. The molecule has 0 saturated carbocycles. The Morgan fingerprint density at radius 3 is 2.90 bits per heavy atom. The monoisotopic (exact) mass is 456 g/mol. The van der Waals surface area contributed by atoms with Crippen LogP contribution in [0.1, 0.15) is 41.1 Å². The Kier molecular flexibility index (Phi) is 6.38. The summed E-state index contributed by atoms with van der Waals surface area (Å²) in [7, 11) is 0. The number of carbonyl (C=O) groups is 2. The van der Waals surface area contributed by atoms with E-state index in [0.29, 0.717) is 34.0 Å². The summed E-state index contributed by atoms with van der Waals surface area (Å²) in [6, 6.07) is 5.62. The highest BCUT2D eigenvalue weighted by Crippen LogP contribution is 2.39. The first-order valence-electron chi connectivity index (χ1n) is 10.2. The van der Waals surface area contributed by atoms with Crippen LogP contribution < -0.4 is 11.1 Å². The number of thioether (sulfide) groups is 1. The van der Waals surface area contributed by atoms with Gasteiger partial charge in [-0.25, -0.2) is 0 Å². The van der Waals surface area contributed by atoms with E-state index in [1.54, 1.807) is 6.20 Å². The molecule has 0 spiro atoms. The summed E-state index contributed by atoms with van der Waals surface area (Å²) in [5, 5.41) is 12.6. The zero-order valence-electron chi connectivity index (χ0n) is 17.4. The highest BCUT2D eigenvalue weighted by atomic mass is 32.2. The first kappa shape index (κ1) is 21.5. The van der Waals surface area contributed by atoms with Crippen molar-refractivity contribution in [2.75, 3.05) is 11.1 Å². The molecule has 10 heteroatoms. The number of hydrogen-bond acceptors (Lipinski definition) is 7. The molecule has 1 unspecified atom stereocenters. The maximum atomic E-state index is 12.7. The van der Waals surface area contributed by atoms with Gasteiger partial charge in [0.25, 0.3) is 5.91 Å². The first-order chi connectivity index (χ1) is 15.0. The number of pyridine rings is 1. The molecule has 2 amide bonds. The maximum Gasteiger partial charge on any atom is 0.251 e. The number of aromatic nitrogens is 4. The van der Waals surface area contributed by atoms with Gasteiger partial charge in [-0.15, -0.1) is 21.5 Å². The van der Waals surface area contributed by atoms with E-state index in [1.165, 1.54) is 23.1 Å². The lowest BCUT2D eigenvalue weighted by atomic mass is 9.88. The summed E-state index contributed by atoms with van der Waals surface area (Å²) in [5.41, 5.74) is 7.85. The van der Waals surface area contributed by atoms with E-state index < -0.39 is 5.91 Å². The Balaban J connectivity index is 1.47. The van der Waals surface area contributed by atoms with E-state index in [4.69, 9.17) is 5.73 Å². The van der Waals surface area contributed by atoms with E-state index in [-0.39, 0.29) is 11.7 Å². The minimum atomic E-state index is -0.485.